The van der Waals surface area contributed by atoms with Crippen LogP contribution in [0.2, 0.25) is 0 Å². The van der Waals surface area contributed by atoms with Crippen molar-refractivity contribution in [1.82, 2.24) is 4.98 Å². The Balaban J connectivity index is 1.79. The molecule has 1 aromatic heterocycles. The summed E-state index contributed by atoms with van der Waals surface area (Å²) in [7, 11) is 3.69. The number of aromatic nitrogens is 1. The molecule has 2 N–H and O–H groups in total. The Morgan fingerprint density at radius 1 is 1.18 bits per heavy atom. The molecule has 5 heteroatoms. The van der Waals surface area contributed by atoms with E-state index in [9.17, 15) is 4.79 Å². The second kappa shape index (κ2) is 8.48. The molecule has 0 saturated heterocycles. The van der Waals surface area contributed by atoms with Crippen LogP contribution in [-0.4, -0.2) is 37.6 Å². The highest BCUT2D eigenvalue weighted by Crippen LogP contribution is 2.28. The van der Waals surface area contributed by atoms with Crippen molar-refractivity contribution in [3.05, 3.63) is 59.3 Å². The minimum Gasteiger partial charge on any atom is -0.493 e. The first kappa shape index (κ1) is 20.0. The van der Waals surface area contributed by atoms with Crippen LogP contribution in [0.15, 0.2) is 42.5 Å². The molecule has 5 nitrogen and oxygen atoms in total. The number of Topliss-reactive ketones (excluding diaryl/α,β-unsaturated/α-hetero) is 1. The van der Waals surface area contributed by atoms with E-state index in [0.717, 1.165) is 50.7 Å². The summed E-state index contributed by atoms with van der Waals surface area (Å²) in [4.78, 5) is 17.7. The lowest BCUT2D eigenvalue weighted by Crippen LogP contribution is -3.12. The molecule has 3 aromatic rings. The first-order valence-corrected chi connectivity index (χ1v) is 9.69. The molecular formula is C23H29N2O3+. The summed E-state index contributed by atoms with van der Waals surface area (Å²) in [6.07, 6.45) is 0. The van der Waals surface area contributed by atoms with E-state index in [1.54, 1.807) is 7.11 Å². The van der Waals surface area contributed by atoms with Crippen molar-refractivity contribution in [3.8, 4) is 11.5 Å². The van der Waals surface area contributed by atoms with Gasteiger partial charge in [0, 0.05) is 22.2 Å². The van der Waals surface area contributed by atoms with Crippen molar-refractivity contribution in [3.63, 3.8) is 0 Å². The highest BCUT2D eigenvalue weighted by Gasteiger charge is 2.27. The van der Waals surface area contributed by atoms with Crippen LogP contribution < -0.4 is 14.4 Å². The molecule has 0 saturated carbocycles. The van der Waals surface area contributed by atoms with E-state index in [-0.39, 0.29) is 11.8 Å². The number of rotatable bonds is 8. The van der Waals surface area contributed by atoms with E-state index in [4.69, 9.17) is 9.47 Å². The number of fused-ring (bicyclic) bond motifs is 1. The zero-order chi connectivity index (χ0) is 20.3. The van der Waals surface area contributed by atoms with Crippen LogP contribution in [0.25, 0.3) is 10.9 Å². The summed E-state index contributed by atoms with van der Waals surface area (Å²) in [5.41, 5.74) is 3.83. The number of ketones is 1. The van der Waals surface area contributed by atoms with E-state index in [1.807, 2.05) is 63.2 Å². The molecule has 1 heterocycles. The summed E-state index contributed by atoms with van der Waals surface area (Å²) >= 11 is 0. The monoisotopic (exact) mass is 381 g/mol. The van der Waals surface area contributed by atoms with Gasteiger partial charge in [-0.3, -0.25) is 4.79 Å². The SMILES string of the molecule is CCOc1ccc(C[NH+](C)[C@@H](C)C(=O)c2c(C)[nH]c3ccccc23)cc1OC. The first-order chi connectivity index (χ1) is 13.5. The maximum Gasteiger partial charge on any atom is 0.222 e. The van der Waals surface area contributed by atoms with Gasteiger partial charge in [0.05, 0.1) is 26.3 Å². The number of para-hydroxylation sites is 1. The predicted octanol–water partition coefficient (Wildman–Crippen LogP) is 3.17. The maximum atomic E-state index is 13.2. The summed E-state index contributed by atoms with van der Waals surface area (Å²) in [6.45, 7) is 7.22. The number of H-pyrrole nitrogens is 1. The smallest absolute Gasteiger partial charge is 0.222 e. The largest absolute Gasteiger partial charge is 0.493 e. The minimum absolute atomic E-state index is 0.158. The van der Waals surface area contributed by atoms with Crippen molar-refractivity contribution in [2.24, 2.45) is 0 Å². The Hall–Kier alpha value is -2.79. The first-order valence-electron chi connectivity index (χ1n) is 9.69. The molecule has 2 aromatic carbocycles. The van der Waals surface area contributed by atoms with E-state index in [1.165, 1.54) is 0 Å². The number of carbonyl (C=O) groups is 1. The Bertz CT molecular complexity index is 977. The van der Waals surface area contributed by atoms with Gasteiger partial charge >= 0.3 is 0 Å². The fourth-order valence-electron chi connectivity index (χ4n) is 3.61. The molecule has 3 rings (SSSR count). The lowest BCUT2D eigenvalue weighted by Gasteiger charge is -2.21. The molecule has 0 spiro atoms. The van der Waals surface area contributed by atoms with Crippen LogP contribution in [-0.2, 0) is 6.54 Å². The number of aromatic amines is 1. The van der Waals surface area contributed by atoms with Crippen molar-refractivity contribution < 1.29 is 19.2 Å². The summed E-state index contributed by atoms with van der Waals surface area (Å²) in [5.74, 6) is 1.62. The Labute approximate surface area is 166 Å². The standard InChI is InChI=1S/C23H28N2O3/c1-6-28-20-12-11-17(13-21(20)27-5)14-25(4)16(3)23(26)22-15(2)24-19-10-8-7-9-18(19)22/h7-13,16,24H,6,14H2,1-5H3/p+1/t16-/m0/s1. The topological polar surface area (TPSA) is 55.8 Å². The highest BCUT2D eigenvalue weighted by atomic mass is 16.5. The molecule has 28 heavy (non-hydrogen) atoms. The van der Waals surface area contributed by atoms with Crippen molar-refractivity contribution in [2.45, 2.75) is 33.4 Å². The molecule has 0 fully saturated rings. The number of aryl methyl sites for hydroxylation is 1. The average Bonchev–Trinajstić information content (AvgIpc) is 3.03. The van der Waals surface area contributed by atoms with Gasteiger partial charge in [0.1, 0.15) is 12.6 Å². The second-order valence-electron chi connectivity index (χ2n) is 7.20. The van der Waals surface area contributed by atoms with Crippen LogP contribution in [0.3, 0.4) is 0 Å². The van der Waals surface area contributed by atoms with Crippen LogP contribution in [0.1, 0.15) is 35.5 Å². The molecule has 0 aliphatic rings. The quantitative estimate of drug-likeness (QED) is 0.589. The van der Waals surface area contributed by atoms with E-state index < -0.39 is 0 Å². The third-order valence-electron chi connectivity index (χ3n) is 5.28. The predicted molar refractivity (Wildman–Crippen MR) is 112 cm³/mol. The summed E-state index contributed by atoms with van der Waals surface area (Å²) < 4.78 is 11.0. The number of ether oxygens (including phenoxy) is 2. The Morgan fingerprint density at radius 2 is 1.93 bits per heavy atom. The Kier molecular flexibility index (Phi) is 6.05. The number of methoxy groups -OCH3 is 1. The zero-order valence-electron chi connectivity index (χ0n) is 17.3. The van der Waals surface area contributed by atoms with Gasteiger partial charge in [-0.25, -0.2) is 0 Å². The number of quaternary nitrogens is 1. The minimum atomic E-state index is -0.171. The summed E-state index contributed by atoms with van der Waals surface area (Å²) in [6, 6.07) is 13.7. The number of likely N-dealkylation sites (N-methyl/N-ethyl adjacent to an activating group) is 1. The lowest BCUT2D eigenvalue weighted by atomic mass is 10.0. The average molecular weight is 381 g/mol. The molecule has 0 aliphatic carbocycles. The number of hydrogen-bond acceptors (Lipinski definition) is 3. The fraction of sp³-hybridized carbons (Fsp3) is 0.348. The number of nitrogens with one attached hydrogen (secondary N) is 2. The lowest BCUT2D eigenvalue weighted by molar-refractivity contribution is -0.907. The van der Waals surface area contributed by atoms with Gasteiger partial charge in [0.2, 0.25) is 5.78 Å². The maximum absolute atomic E-state index is 13.2. The summed E-state index contributed by atoms with van der Waals surface area (Å²) in [5, 5.41) is 0.993. The molecule has 0 aliphatic heterocycles. The number of hydrogen-bond donors (Lipinski definition) is 2. The molecule has 0 bridgehead atoms. The molecule has 1 unspecified atom stereocenters. The van der Waals surface area contributed by atoms with E-state index in [0.29, 0.717) is 6.61 Å². The van der Waals surface area contributed by atoms with E-state index >= 15 is 0 Å². The molecule has 148 valence electrons. The van der Waals surface area contributed by atoms with Crippen molar-refractivity contribution in [2.75, 3.05) is 20.8 Å². The third kappa shape index (κ3) is 3.90. The molecule has 0 radical (unpaired) electrons. The van der Waals surface area contributed by atoms with Gasteiger partial charge in [0.15, 0.2) is 11.5 Å². The van der Waals surface area contributed by atoms with Gasteiger partial charge in [-0.15, -0.1) is 0 Å². The van der Waals surface area contributed by atoms with E-state index in [2.05, 4.69) is 12.0 Å². The van der Waals surface area contributed by atoms with Gasteiger partial charge in [0.25, 0.3) is 0 Å². The van der Waals surface area contributed by atoms with Gasteiger partial charge < -0.3 is 19.4 Å². The van der Waals surface area contributed by atoms with Crippen molar-refractivity contribution in [1.29, 1.82) is 0 Å². The van der Waals surface area contributed by atoms with Gasteiger partial charge in [-0.2, -0.15) is 0 Å². The number of carbonyl (C=O) groups excluding carboxylic acids is 1. The number of benzene rings is 2. The highest BCUT2D eigenvalue weighted by molar-refractivity contribution is 6.10. The van der Waals surface area contributed by atoms with Gasteiger partial charge in [-0.1, -0.05) is 18.2 Å². The second-order valence-corrected chi connectivity index (χ2v) is 7.20. The van der Waals surface area contributed by atoms with Gasteiger partial charge in [-0.05, 0) is 45.0 Å². The molecule has 0 amide bonds. The van der Waals surface area contributed by atoms with Crippen LogP contribution >= 0.6 is 0 Å². The zero-order valence-corrected chi connectivity index (χ0v) is 17.3. The fourth-order valence-corrected chi connectivity index (χ4v) is 3.61. The van der Waals surface area contributed by atoms with Crippen molar-refractivity contribution >= 4 is 16.7 Å². The van der Waals surface area contributed by atoms with Crippen LogP contribution in [0, 0.1) is 6.92 Å². The molecule has 2 atom stereocenters. The molecular weight excluding hydrogens is 352 g/mol. The van der Waals surface area contributed by atoms with Crippen LogP contribution in [0.5, 0.6) is 11.5 Å². The normalized spacial score (nSPS) is 13.3. The third-order valence-corrected chi connectivity index (χ3v) is 5.28. The Morgan fingerprint density at radius 3 is 2.64 bits per heavy atom. The van der Waals surface area contributed by atoms with Crippen LogP contribution in [0.4, 0.5) is 0 Å².